The SMILES string of the molecule is COc1cc(N2C(=O)c3cc(Cl)c(Cl)cc3C2=O)c(Cl)cc1C(=O)O[C@@H](C(=O)c1ccccc1)c1ccc([N+](=O)[O-])cc1. The lowest BCUT2D eigenvalue weighted by Crippen LogP contribution is -2.30. The minimum absolute atomic E-state index is 0.0169. The molecular weight excluding hydrogens is 623 g/mol. The van der Waals surface area contributed by atoms with Crippen LogP contribution >= 0.6 is 34.8 Å². The number of fused-ring (bicyclic) bond motifs is 1. The number of hydrogen-bond donors (Lipinski definition) is 0. The third kappa shape index (κ3) is 5.55. The highest BCUT2D eigenvalue weighted by atomic mass is 35.5. The number of hydrogen-bond acceptors (Lipinski definition) is 8. The molecule has 0 aromatic heterocycles. The van der Waals surface area contributed by atoms with E-state index in [9.17, 15) is 29.3 Å². The van der Waals surface area contributed by atoms with E-state index in [-0.39, 0.29) is 60.0 Å². The molecule has 0 aliphatic carbocycles. The number of anilines is 1. The lowest BCUT2D eigenvalue weighted by Gasteiger charge is -2.20. The van der Waals surface area contributed by atoms with Crippen molar-refractivity contribution in [2.24, 2.45) is 0 Å². The number of nitrogens with zero attached hydrogens (tertiary/aromatic N) is 2. The van der Waals surface area contributed by atoms with Crippen LogP contribution in [0.5, 0.6) is 5.75 Å². The molecular formula is C30H17Cl3N2O8. The number of non-ortho nitro benzene ring substituents is 1. The number of ether oxygens (including phenoxy) is 2. The first kappa shape index (κ1) is 29.7. The van der Waals surface area contributed by atoms with Gasteiger partial charge in [-0.1, -0.05) is 65.1 Å². The second kappa shape index (κ2) is 11.8. The van der Waals surface area contributed by atoms with Crippen LogP contribution < -0.4 is 9.64 Å². The standard InChI is InChI=1S/C30H17Cl3N2O8/c1-42-25-14-24(34-28(37)18-11-21(31)22(32)12-19(18)29(34)38)23(33)13-20(25)30(39)43-27(26(36)15-5-3-2-4-6-15)16-7-9-17(10-8-16)35(40)41/h2-14,27H,1H3/t27-/m1/s1. The van der Waals surface area contributed by atoms with Gasteiger partial charge in [-0.3, -0.25) is 24.5 Å². The van der Waals surface area contributed by atoms with Crippen LogP contribution in [0.2, 0.25) is 15.1 Å². The summed E-state index contributed by atoms with van der Waals surface area (Å²) in [6.45, 7) is 0. The fourth-order valence-corrected chi connectivity index (χ4v) is 5.04. The van der Waals surface area contributed by atoms with Crippen molar-refractivity contribution < 1.29 is 33.6 Å². The summed E-state index contributed by atoms with van der Waals surface area (Å²) in [4.78, 5) is 64.6. The van der Waals surface area contributed by atoms with E-state index in [1.807, 2.05) is 0 Å². The van der Waals surface area contributed by atoms with Crippen molar-refractivity contribution in [2.75, 3.05) is 12.0 Å². The highest BCUT2D eigenvalue weighted by molar-refractivity contribution is 6.45. The van der Waals surface area contributed by atoms with Gasteiger partial charge in [0.25, 0.3) is 17.5 Å². The van der Waals surface area contributed by atoms with Crippen LogP contribution in [-0.4, -0.2) is 35.6 Å². The highest BCUT2D eigenvalue weighted by Crippen LogP contribution is 2.40. The first-order valence-corrected chi connectivity index (χ1v) is 13.4. The molecule has 1 heterocycles. The average Bonchev–Trinajstić information content (AvgIpc) is 3.24. The number of ketones is 1. The fraction of sp³-hybridized carbons (Fsp3) is 0.0667. The number of Topliss-reactive ketones (excluding diaryl/α,β-unsaturated/α-hetero) is 1. The van der Waals surface area contributed by atoms with Gasteiger partial charge in [-0.25, -0.2) is 9.69 Å². The molecule has 0 N–H and O–H groups in total. The Morgan fingerprint density at radius 3 is 1.95 bits per heavy atom. The fourth-order valence-electron chi connectivity index (χ4n) is 4.46. The van der Waals surface area contributed by atoms with Crippen molar-refractivity contribution in [1.82, 2.24) is 0 Å². The Labute approximate surface area is 258 Å². The number of nitro groups is 1. The molecule has 10 nitrogen and oxygen atoms in total. The number of carbonyl (C=O) groups is 4. The average molecular weight is 640 g/mol. The maximum atomic E-state index is 13.5. The molecule has 4 aromatic carbocycles. The number of halogens is 3. The zero-order valence-corrected chi connectivity index (χ0v) is 24.1. The Balaban J connectivity index is 1.50. The van der Waals surface area contributed by atoms with Crippen LogP contribution in [0, 0.1) is 10.1 Å². The summed E-state index contributed by atoms with van der Waals surface area (Å²) in [5.41, 5.74) is -0.0792. The Bertz CT molecular complexity index is 1790. The Morgan fingerprint density at radius 1 is 0.837 bits per heavy atom. The van der Waals surface area contributed by atoms with Crippen molar-refractivity contribution >= 4 is 69.7 Å². The van der Waals surface area contributed by atoms with Gasteiger partial charge >= 0.3 is 5.97 Å². The minimum atomic E-state index is -1.50. The molecule has 0 radical (unpaired) electrons. The second-order valence-electron chi connectivity index (χ2n) is 9.13. The summed E-state index contributed by atoms with van der Waals surface area (Å²) < 4.78 is 11.0. The summed E-state index contributed by atoms with van der Waals surface area (Å²) in [7, 11) is 1.24. The van der Waals surface area contributed by atoms with Gasteiger partial charge in [-0.05, 0) is 30.3 Å². The molecule has 1 aliphatic rings. The van der Waals surface area contributed by atoms with Crippen LogP contribution in [-0.2, 0) is 4.74 Å². The summed E-state index contributed by atoms with van der Waals surface area (Å²) >= 11 is 18.6. The van der Waals surface area contributed by atoms with Crippen LogP contribution in [0.4, 0.5) is 11.4 Å². The third-order valence-electron chi connectivity index (χ3n) is 6.59. The molecule has 4 aromatic rings. The van der Waals surface area contributed by atoms with Crippen molar-refractivity contribution in [3.05, 3.63) is 132 Å². The molecule has 0 unspecified atom stereocenters. The maximum absolute atomic E-state index is 13.5. The number of benzene rings is 4. The summed E-state index contributed by atoms with van der Waals surface area (Å²) in [6.07, 6.45) is -1.50. The predicted molar refractivity (Wildman–Crippen MR) is 158 cm³/mol. The molecule has 216 valence electrons. The maximum Gasteiger partial charge on any atom is 0.343 e. The van der Waals surface area contributed by atoms with Gasteiger partial charge in [0.2, 0.25) is 5.78 Å². The number of imide groups is 1. The van der Waals surface area contributed by atoms with E-state index in [4.69, 9.17) is 44.3 Å². The third-order valence-corrected chi connectivity index (χ3v) is 7.61. The summed E-state index contributed by atoms with van der Waals surface area (Å²) in [5, 5.41) is 11.1. The number of amides is 2. The molecule has 0 bridgehead atoms. The topological polar surface area (TPSA) is 133 Å². The minimum Gasteiger partial charge on any atom is -0.496 e. The number of methoxy groups -OCH3 is 1. The Kier molecular flexibility index (Phi) is 8.19. The zero-order valence-electron chi connectivity index (χ0n) is 21.9. The van der Waals surface area contributed by atoms with E-state index in [1.165, 1.54) is 61.7 Å². The number of rotatable bonds is 8. The first-order chi connectivity index (χ1) is 20.5. The van der Waals surface area contributed by atoms with Crippen molar-refractivity contribution in [3.63, 3.8) is 0 Å². The smallest absolute Gasteiger partial charge is 0.343 e. The van der Waals surface area contributed by atoms with Gasteiger partial charge in [0.05, 0.1) is 43.9 Å². The molecule has 0 saturated carbocycles. The van der Waals surface area contributed by atoms with Gasteiger partial charge < -0.3 is 9.47 Å². The molecule has 43 heavy (non-hydrogen) atoms. The van der Waals surface area contributed by atoms with E-state index in [0.29, 0.717) is 0 Å². The molecule has 1 aliphatic heterocycles. The van der Waals surface area contributed by atoms with Crippen molar-refractivity contribution in [3.8, 4) is 5.75 Å². The van der Waals surface area contributed by atoms with Crippen molar-refractivity contribution in [2.45, 2.75) is 6.10 Å². The van der Waals surface area contributed by atoms with E-state index in [2.05, 4.69) is 0 Å². The lowest BCUT2D eigenvalue weighted by molar-refractivity contribution is -0.384. The number of carbonyl (C=O) groups excluding carboxylic acids is 4. The van der Waals surface area contributed by atoms with Crippen LogP contribution in [0.1, 0.15) is 53.1 Å². The van der Waals surface area contributed by atoms with Crippen molar-refractivity contribution in [1.29, 1.82) is 0 Å². The number of esters is 1. The molecule has 0 saturated heterocycles. The van der Waals surface area contributed by atoms with Crippen LogP contribution in [0.3, 0.4) is 0 Å². The van der Waals surface area contributed by atoms with E-state index in [0.717, 1.165) is 11.0 Å². The quantitative estimate of drug-likeness (QED) is 0.0653. The van der Waals surface area contributed by atoms with Gasteiger partial charge in [-0.2, -0.15) is 0 Å². The summed E-state index contributed by atoms with van der Waals surface area (Å²) in [6, 6.07) is 17.9. The molecule has 13 heteroatoms. The molecule has 0 fully saturated rings. The Hall–Kier alpha value is -4.77. The van der Waals surface area contributed by atoms with Gasteiger partial charge in [-0.15, -0.1) is 0 Å². The second-order valence-corrected chi connectivity index (χ2v) is 10.3. The van der Waals surface area contributed by atoms with Crippen LogP contribution in [0.25, 0.3) is 0 Å². The predicted octanol–water partition coefficient (Wildman–Crippen LogP) is 7.15. The molecule has 0 spiro atoms. The molecule has 2 amide bonds. The number of nitro benzene ring substituents is 1. The van der Waals surface area contributed by atoms with Gasteiger partial charge in [0.1, 0.15) is 11.3 Å². The largest absolute Gasteiger partial charge is 0.496 e. The first-order valence-electron chi connectivity index (χ1n) is 12.3. The Morgan fingerprint density at radius 2 is 1.42 bits per heavy atom. The van der Waals surface area contributed by atoms with E-state index >= 15 is 0 Å². The van der Waals surface area contributed by atoms with E-state index < -0.39 is 34.6 Å². The van der Waals surface area contributed by atoms with Crippen LogP contribution in [0.15, 0.2) is 78.9 Å². The summed E-state index contributed by atoms with van der Waals surface area (Å²) in [5.74, 6) is -3.17. The normalized spacial score (nSPS) is 13.0. The van der Waals surface area contributed by atoms with Gasteiger partial charge in [0, 0.05) is 29.3 Å². The monoisotopic (exact) mass is 638 g/mol. The highest BCUT2D eigenvalue weighted by Gasteiger charge is 2.39. The zero-order chi connectivity index (χ0) is 31.0. The van der Waals surface area contributed by atoms with Gasteiger partial charge in [0.15, 0.2) is 6.10 Å². The van der Waals surface area contributed by atoms with E-state index in [1.54, 1.807) is 18.2 Å². The molecule has 1 atom stereocenters. The lowest BCUT2D eigenvalue weighted by atomic mass is 9.99. The molecule has 5 rings (SSSR count).